The van der Waals surface area contributed by atoms with Gasteiger partial charge >= 0.3 is 0 Å². The summed E-state index contributed by atoms with van der Waals surface area (Å²) < 4.78 is 0. The molecule has 1 unspecified atom stereocenters. The van der Waals surface area contributed by atoms with Gasteiger partial charge in [-0.05, 0) is 55.1 Å². The maximum Gasteiger partial charge on any atom is 0.251 e. The highest BCUT2D eigenvalue weighted by atomic mass is 32.1. The van der Waals surface area contributed by atoms with E-state index in [9.17, 15) is 4.79 Å². The van der Waals surface area contributed by atoms with E-state index in [1.165, 1.54) is 10.4 Å². The zero-order chi connectivity index (χ0) is 13.8. The Labute approximate surface area is 117 Å². The lowest BCUT2D eigenvalue weighted by atomic mass is 10.1. The van der Waals surface area contributed by atoms with Crippen LogP contribution in [0.1, 0.15) is 33.8 Å². The van der Waals surface area contributed by atoms with E-state index in [0.717, 1.165) is 5.69 Å². The molecular weight excluding hydrogens is 256 g/mol. The molecule has 1 amide bonds. The van der Waals surface area contributed by atoms with Gasteiger partial charge in [-0.2, -0.15) is 0 Å². The van der Waals surface area contributed by atoms with Gasteiger partial charge in [0, 0.05) is 23.2 Å². The minimum absolute atomic E-state index is 0.0614. The first kappa shape index (κ1) is 13.6. The van der Waals surface area contributed by atoms with Crippen molar-refractivity contribution in [2.24, 2.45) is 0 Å². The van der Waals surface area contributed by atoms with Crippen LogP contribution in [0.15, 0.2) is 35.7 Å². The number of anilines is 1. The second kappa shape index (κ2) is 5.89. The molecule has 0 spiro atoms. The van der Waals surface area contributed by atoms with Crippen LogP contribution in [-0.2, 0) is 0 Å². The number of amides is 1. The van der Waals surface area contributed by atoms with Gasteiger partial charge in [-0.15, -0.1) is 11.3 Å². The van der Waals surface area contributed by atoms with Crippen molar-refractivity contribution in [2.45, 2.75) is 19.9 Å². The number of thiophene rings is 1. The molecular formula is C15H18N2OS. The standard InChI is InChI=1S/C15H18N2OS/c1-10-8-9-19-14(10)11(2)17-13-6-4-12(5-7-13)15(18)16-3/h4-9,11,17H,1-3H3,(H,16,18). The molecule has 19 heavy (non-hydrogen) atoms. The predicted molar refractivity (Wildman–Crippen MR) is 80.9 cm³/mol. The smallest absolute Gasteiger partial charge is 0.251 e. The maximum atomic E-state index is 11.4. The Morgan fingerprint density at radius 3 is 2.42 bits per heavy atom. The van der Waals surface area contributed by atoms with Gasteiger partial charge in [-0.3, -0.25) is 4.79 Å². The largest absolute Gasteiger partial charge is 0.378 e. The molecule has 100 valence electrons. The van der Waals surface area contributed by atoms with Gasteiger partial charge in [0.1, 0.15) is 0 Å². The van der Waals surface area contributed by atoms with Crippen molar-refractivity contribution >= 4 is 22.9 Å². The van der Waals surface area contributed by atoms with Crippen molar-refractivity contribution in [1.29, 1.82) is 0 Å². The van der Waals surface area contributed by atoms with Crippen LogP contribution in [0.4, 0.5) is 5.69 Å². The second-order valence-corrected chi connectivity index (χ2v) is 5.44. The van der Waals surface area contributed by atoms with Crippen molar-refractivity contribution < 1.29 is 4.79 Å². The van der Waals surface area contributed by atoms with Crippen LogP contribution < -0.4 is 10.6 Å². The predicted octanol–water partition coefficient (Wildman–Crippen LogP) is 3.59. The SMILES string of the molecule is CNC(=O)c1ccc(NC(C)c2sccc2C)cc1. The summed E-state index contributed by atoms with van der Waals surface area (Å²) in [6.07, 6.45) is 0. The number of aryl methyl sites for hydroxylation is 1. The lowest BCUT2D eigenvalue weighted by molar-refractivity contribution is 0.0963. The normalized spacial score (nSPS) is 11.9. The molecule has 0 aliphatic rings. The summed E-state index contributed by atoms with van der Waals surface area (Å²) >= 11 is 1.76. The van der Waals surface area contributed by atoms with Gasteiger partial charge in [-0.1, -0.05) is 0 Å². The fraction of sp³-hybridized carbons (Fsp3) is 0.267. The van der Waals surface area contributed by atoms with Crippen LogP contribution in [0.2, 0.25) is 0 Å². The molecule has 3 nitrogen and oxygen atoms in total. The summed E-state index contributed by atoms with van der Waals surface area (Å²) in [6, 6.07) is 9.93. The molecule has 2 rings (SSSR count). The van der Waals surface area contributed by atoms with Gasteiger partial charge in [-0.25, -0.2) is 0 Å². The van der Waals surface area contributed by atoms with Crippen molar-refractivity contribution in [1.82, 2.24) is 5.32 Å². The number of benzene rings is 1. The second-order valence-electron chi connectivity index (χ2n) is 4.49. The number of nitrogens with one attached hydrogen (secondary N) is 2. The molecule has 0 fully saturated rings. The van der Waals surface area contributed by atoms with Crippen LogP contribution in [0, 0.1) is 6.92 Å². The Morgan fingerprint density at radius 2 is 1.89 bits per heavy atom. The topological polar surface area (TPSA) is 41.1 Å². The Balaban J connectivity index is 2.08. The Bertz CT molecular complexity index is 560. The molecule has 1 aromatic carbocycles. The van der Waals surface area contributed by atoms with Crippen LogP contribution >= 0.6 is 11.3 Å². The minimum atomic E-state index is -0.0614. The number of carbonyl (C=O) groups excluding carboxylic acids is 1. The first-order chi connectivity index (χ1) is 9.11. The maximum absolute atomic E-state index is 11.4. The van der Waals surface area contributed by atoms with Gasteiger partial charge < -0.3 is 10.6 Å². The highest BCUT2D eigenvalue weighted by Crippen LogP contribution is 2.26. The van der Waals surface area contributed by atoms with Gasteiger partial charge in [0.05, 0.1) is 6.04 Å². The summed E-state index contributed by atoms with van der Waals surface area (Å²) in [4.78, 5) is 12.8. The van der Waals surface area contributed by atoms with Crippen molar-refractivity contribution in [3.63, 3.8) is 0 Å². The van der Waals surface area contributed by atoms with Crippen LogP contribution in [0.25, 0.3) is 0 Å². The van der Waals surface area contributed by atoms with Crippen LogP contribution in [0.5, 0.6) is 0 Å². The molecule has 1 aromatic heterocycles. The fourth-order valence-corrected chi connectivity index (χ4v) is 2.94. The monoisotopic (exact) mass is 274 g/mol. The molecule has 0 aliphatic heterocycles. The summed E-state index contributed by atoms with van der Waals surface area (Å²) in [5.41, 5.74) is 3.01. The molecule has 0 radical (unpaired) electrons. The molecule has 0 aliphatic carbocycles. The van der Waals surface area contributed by atoms with Gasteiger partial charge in [0.25, 0.3) is 5.91 Å². The van der Waals surface area contributed by atoms with E-state index in [0.29, 0.717) is 5.56 Å². The van der Waals surface area contributed by atoms with Crippen LogP contribution in [0.3, 0.4) is 0 Å². The lowest BCUT2D eigenvalue weighted by Gasteiger charge is -2.15. The number of hydrogen-bond donors (Lipinski definition) is 2. The highest BCUT2D eigenvalue weighted by molar-refractivity contribution is 7.10. The van der Waals surface area contributed by atoms with E-state index in [-0.39, 0.29) is 11.9 Å². The zero-order valence-electron chi connectivity index (χ0n) is 11.4. The van der Waals surface area contributed by atoms with E-state index >= 15 is 0 Å². The molecule has 1 heterocycles. The van der Waals surface area contributed by atoms with E-state index in [1.54, 1.807) is 18.4 Å². The molecule has 2 aromatic rings. The van der Waals surface area contributed by atoms with E-state index in [2.05, 4.69) is 35.9 Å². The van der Waals surface area contributed by atoms with Gasteiger partial charge in [0.15, 0.2) is 0 Å². The van der Waals surface area contributed by atoms with Crippen molar-refractivity contribution in [3.8, 4) is 0 Å². The summed E-state index contributed by atoms with van der Waals surface area (Å²) in [7, 11) is 1.64. The van der Waals surface area contributed by atoms with E-state index in [1.807, 2.05) is 24.3 Å². The number of rotatable bonds is 4. The molecule has 0 saturated carbocycles. The third-order valence-electron chi connectivity index (χ3n) is 3.05. The zero-order valence-corrected chi connectivity index (χ0v) is 12.2. The third kappa shape index (κ3) is 3.15. The average Bonchev–Trinajstić information content (AvgIpc) is 2.85. The van der Waals surface area contributed by atoms with E-state index < -0.39 is 0 Å². The van der Waals surface area contributed by atoms with Gasteiger partial charge in [0.2, 0.25) is 0 Å². The van der Waals surface area contributed by atoms with Crippen LogP contribution in [-0.4, -0.2) is 13.0 Å². The first-order valence-electron chi connectivity index (χ1n) is 6.24. The minimum Gasteiger partial charge on any atom is -0.378 e. The number of carbonyl (C=O) groups is 1. The van der Waals surface area contributed by atoms with E-state index in [4.69, 9.17) is 0 Å². The lowest BCUT2D eigenvalue weighted by Crippen LogP contribution is -2.17. The molecule has 4 heteroatoms. The summed E-state index contributed by atoms with van der Waals surface area (Å²) in [5.74, 6) is -0.0614. The molecule has 1 atom stereocenters. The number of hydrogen-bond acceptors (Lipinski definition) is 3. The summed E-state index contributed by atoms with van der Waals surface area (Å²) in [6.45, 7) is 4.27. The molecule has 0 bridgehead atoms. The average molecular weight is 274 g/mol. The van der Waals surface area contributed by atoms with Crippen molar-refractivity contribution in [3.05, 3.63) is 51.7 Å². The Hall–Kier alpha value is -1.81. The Morgan fingerprint density at radius 1 is 1.21 bits per heavy atom. The third-order valence-corrected chi connectivity index (χ3v) is 4.25. The quantitative estimate of drug-likeness (QED) is 0.894. The molecule has 0 saturated heterocycles. The van der Waals surface area contributed by atoms with Crippen molar-refractivity contribution in [2.75, 3.05) is 12.4 Å². The molecule has 2 N–H and O–H groups in total. The summed E-state index contributed by atoms with van der Waals surface area (Å²) in [5, 5.41) is 8.17. The highest BCUT2D eigenvalue weighted by Gasteiger charge is 2.10. The Kier molecular flexibility index (Phi) is 4.22. The first-order valence-corrected chi connectivity index (χ1v) is 7.12. The fourth-order valence-electron chi connectivity index (χ4n) is 2.01.